The number of benzene rings is 1. The highest BCUT2D eigenvalue weighted by Gasteiger charge is 2.23. The number of carbonyl (C=O) groups is 3. The number of rotatable bonds is 7. The zero-order chi connectivity index (χ0) is 21.8. The number of esters is 1. The molecule has 3 rings (SSSR count). The molecule has 7 heteroatoms. The molecular formula is C23H24N2O5. The molecular weight excluding hydrogens is 384 g/mol. The van der Waals surface area contributed by atoms with Crippen molar-refractivity contribution in [3.05, 3.63) is 77.0 Å². The molecule has 1 N–H and O–H groups in total. The molecule has 0 aliphatic heterocycles. The minimum Gasteiger partial charge on any atom is -0.467 e. The molecule has 0 bridgehead atoms. The normalized spacial score (nSPS) is 11.7. The maximum Gasteiger partial charge on any atom is 0.340 e. The van der Waals surface area contributed by atoms with Gasteiger partial charge in [-0.15, -0.1) is 0 Å². The molecule has 156 valence electrons. The van der Waals surface area contributed by atoms with Crippen LogP contribution < -0.4 is 5.32 Å². The Balaban J connectivity index is 1.65. The first-order chi connectivity index (χ1) is 14.3. The van der Waals surface area contributed by atoms with Crippen molar-refractivity contribution in [2.24, 2.45) is 0 Å². The van der Waals surface area contributed by atoms with Crippen LogP contribution in [0.3, 0.4) is 0 Å². The Morgan fingerprint density at radius 1 is 1.13 bits per heavy atom. The predicted molar refractivity (Wildman–Crippen MR) is 112 cm³/mol. The zero-order valence-electron chi connectivity index (χ0n) is 17.4. The van der Waals surface area contributed by atoms with Crippen molar-refractivity contribution in [1.82, 2.24) is 4.57 Å². The molecule has 1 aromatic carbocycles. The highest BCUT2D eigenvalue weighted by molar-refractivity contribution is 5.98. The van der Waals surface area contributed by atoms with Gasteiger partial charge in [0.15, 0.2) is 11.9 Å². The average Bonchev–Trinajstić information content (AvgIpc) is 3.32. The summed E-state index contributed by atoms with van der Waals surface area (Å²) in [5.41, 5.74) is 3.10. The van der Waals surface area contributed by atoms with Crippen LogP contribution in [0.5, 0.6) is 0 Å². The van der Waals surface area contributed by atoms with E-state index >= 15 is 0 Å². The lowest BCUT2D eigenvalue weighted by Gasteiger charge is -2.14. The molecule has 30 heavy (non-hydrogen) atoms. The lowest BCUT2D eigenvalue weighted by molar-refractivity contribution is -0.123. The van der Waals surface area contributed by atoms with Gasteiger partial charge in [-0.25, -0.2) is 4.79 Å². The van der Waals surface area contributed by atoms with Crippen molar-refractivity contribution < 1.29 is 23.5 Å². The Kier molecular flexibility index (Phi) is 6.20. The van der Waals surface area contributed by atoms with Gasteiger partial charge < -0.3 is 19.0 Å². The van der Waals surface area contributed by atoms with E-state index in [2.05, 4.69) is 5.32 Å². The maximum absolute atomic E-state index is 12.6. The molecule has 0 fully saturated rings. The summed E-state index contributed by atoms with van der Waals surface area (Å²) in [5.74, 6) is -0.299. The quantitative estimate of drug-likeness (QED) is 0.469. The number of Topliss-reactive ketones (excluding diaryl/α,β-unsaturated/α-hetero) is 1. The molecule has 0 unspecified atom stereocenters. The number of furan rings is 1. The highest BCUT2D eigenvalue weighted by Crippen LogP contribution is 2.19. The number of hydrogen-bond acceptors (Lipinski definition) is 5. The second kappa shape index (κ2) is 8.82. The van der Waals surface area contributed by atoms with Gasteiger partial charge in [-0.1, -0.05) is 0 Å². The third-order valence-electron chi connectivity index (χ3n) is 4.90. The van der Waals surface area contributed by atoms with Crippen molar-refractivity contribution >= 4 is 23.3 Å². The number of hydrogen-bond donors (Lipinski definition) is 1. The van der Waals surface area contributed by atoms with E-state index in [-0.39, 0.29) is 5.78 Å². The first-order valence-electron chi connectivity index (χ1n) is 9.58. The van der Waals surface area contributed by atoms with Gasteiger partial charge in [0, 0.05) is 22.6 Å². The second-order valence-electron chi connectivity index (χ2n) is 7.12. The number of nitrogens with one attached hydrogen (secondary N) is 1. The van der Waals surface area contributed by atoms with Crippen LogP contribution in [0.25, 0.3) is 0 Å². The van der Waals surface area contributed by atoms with E-state index in [0.29, 0.717) is 23.4 Å². The van der Waals surface area contributed by atoms with E-state index in [0.717, 1.165) is 17.1 Å². The van der Waals surface area contributed by atoms with Crippen LogP contribution in [0.1, 0.15) is 51.7 Å². The Hall–Kier alpha value is -3.61. The molecule has 7 nitrogen and oxygen atoms in total. The molecule has 1 atom stereocenters. The molecule has 0 saturated carbocycles. The van der Waals surface area contributed by atoms with Crippen molar-refractivity contribution in [2.75, 3.05) is 5.32 Å². The molecule has 0 radical (unpaired) electrons. The lowest BCUT2D eigenvalue weighted by atomic mass is 10.1. The van der Waals surface area contributed by atoms with Gasteiger partial charge in [-0.05, 0) is 70.2 Å². The summed E-state index contributed by atoms with van der Waals surface area (Å²) in [4.78, 5) is 36.4. The number of ketones is 1. The monoisotopic (exact) mass is 408 g/mol. The Bertz CT molecular complexity index is 1060. The fourth-order valence-electron chi connectivity index (χ4n) is 3.12. The van der Waals surface area contributed by atoms with Crippen molar-refractivity contribution in [3.8, 4) is 0 Å². The number of nitrogens with zero attached hydrogens (tertiary/aromatic N) is 1. The van der Waals surface area contributed by atoms with Gasteiger partial charge in [-0.2, -0.15) is 0 Å². The molecule has 0 spiro atoms. The fourth-order valence-corrected chi connectivity index (χ4v) is 3.12. The van der Waals surface area contributed by atoms with E-state index in [9.17, 15) is 14.4 Å². The van der Waals surface area contributed by atoms with E-state index in [4.69, 9.17) is 9.15 Å². The van der Waals surface area contributed by atoms with Crippen LogP contribution in [0.15, 0.2) is 53.1 Å². The third kappa shape index (κ3) is 4.68. The molecule has 3 aromatic rings. The standard InChI is InChI=1S/C23H24N2O5/c1-14-12-21(15(2)25(14)13-20-6-5-11-29-20)23(28)30-17(4)22(27)24-19-9-7-18(8-10-19)16(3)26/h5-12,17H,13H2,1-4H3,(H,24,27)/t17-/m1/s1. The Morgan fingerprint density at radius 2 is 1.83 bits per heavy atom. The van der Waals surface area contributed by atoms with Crippen LogP contribution in [0.2, 0.25) is 0 Å². The Morgan fingerprint density at radius 3 is 2.43 bits per heavy atom. The van der Waals surface area contributed by atoms with Gasteiger partial charge in [-0.3, -0.25) is 9.59 Å². The number of aryl methyl sites for hydroxylation is 1. The number of aromatic nitrogens is 1. The van der Waals surface area contributed by atoms with Crippen LogP contribution in [0, 0.1) is 13.8 Å². The number of ether oxygens (including phenoxy) is 1. The zero-order valence-corrected chi connectivity index (χ0v) is 17.4. The average molecular weight is 408 g/mol. The molecule has 0 aliphatic carbocycles. The summed E-state index contributed by atoms with van der Waals surface area (Å²) in [6.07, 6.45) is 0.616. The second-order valence-corrected chi connectivity index (χ2v) is 7.12. The Labute approximate surface area is 174 Å². The molecule has 2 aromatic heterocycles. The first kappa shape index (κ1) is 21.1. The van der Waals surface area contributed by atoms with Crippen molar-refractivity contribution in [3.63, 3.8) is 0 Å². The van der Waals surface area contributed by atoms with Crippen LogP contribution in [-0.2, 0) is 16.1 Å². The van der Waals surface area contributed by atoms with E-state index in [1.54, 1.807) is 36.6 Å². The molecule has 0 aliphatic rings. The topological polar surface area (TPSA) is 90.5 Å². The first-order valence-corrected chi connectivity index (χ1v) is 9.58. The summed E-state index contributed by atoms with van der Waals surface area (Å²) < 4.78 is 12.7. The van der Waals surface area contributed by atoms with E-state index < -0.39 is 18.0 Å². The van der Waals surface area contributed by atoms with Crippen molar-refractivity contribution in [2.45, 2.75) is 40.3 Å². The summed E-state index contributed by atoms with van der Waals surface area (Å²) in [5, 5.41) is 2.68. The van der Waals surface area contributed by atoms with E-state index in [1.807, 2.05) is 30.5 Å². The van der Waals surface area contributed by atoms with Gasteiger partial charge >= 0.3 is 5.97 Å². The SMILES string of the molecule is CC(=O)c1ccc(NC(=O)[C@@H](C)OC(=O)c2cc(C)n(Cc3ccco3)c2C)cc1. The predicted octanol–water partition coefficient (Wildman–Crippen LogP) is 4.13. The largest absolute Gasteiger partial charge is 0.467 e. The molecule has 0 saturated heterocycles. The third-order valence-corrected chi connectivity index (χ3v) is 4.90. The minimum atomic E-state index is -0.988. The van der Waals surface area contributed by atoms with E-state index in [1.165, 1.54) is 13.8 Å². The van der Waals surface area contributed by atoms with Gasteiger partial charge in [0.2, 0.25) is 0 Å². The fraction of sp³-hybridized carbons (Fsp3) is 0.261. The number of anilines is 1. The number of carbonyl (C=O) groups excluding carboxylic acids is 3. The van der Waals surface area contributed by atoms with Crippen molar-refractivity contribution in [1.29, 1.82) is 0 Å². The minimum absolute atomic E-state index is 0.0557. The van der Waals surface area contributed by atoms with Crippen LogP contribution in [-0.4, -0.2) is 28.3 Å². The summed E-state index contributed by atoms with van der Waals surface area (Å²) in [6, 6.07) is 11.9. The number of amides is 1. The lowest BCUT2D eigenvalue weighted by Crippen LogP contribution is -2.30. The van der Waals surface area contributed by atoms with Gasteiger partial charge in [0.1, 0.15) is 5.76 Å². The highest BCUT2D eigenvalue weighted by atomic mass is 16.5. The van der Waals surface area contributed by atoms with Crippen LogP contribution >= 0.6 is 0 Å². The maximum atomic E-state index is 12.6. The smallest absolute Gasteiger partial charge is 0.340 e. The molecule has 2 heterocycles. The summed E-state index contributed by atoms with van der Waals surface area (Å²) >= 11 is 0. The van der Waals surface area contributed by atoms with Gasteiger partial charge in [0.05, 0.1) is 18.4 Å². The summed E-state index contributed by atoms with van der Waals surface area (Å²) in [6.45, 7) is 7.21. The summed E-state index contributed by atoms with van der Waals surface area (Å²) in [7, 11) is 0. The van der Waals surface area contributed by atoms with Gasteiger partial charge in [0.25, 0.3) is 5.91 Å². The van der Waals surface area contributed by atoms with Crippen LogP contribution in [0.4, 0.5) is 5.69 Å². The molecule has 1 amide bonds.